The number of carboxylic acid groups (broad SMARTS) is 1. The highest BCUT2D eigenvalue weighted by Crippen LogP contribution is 2.28. The number of nitrogens with zero attached hydrogens (tertiary/aromatic N) is 1. The Morgan fingerprint density at radius 3 is 2.38 bits per heavy atom. The summed E-state index contributed by atoms with van der Waals surface area (Å²) < 4.78 is 1.90. The highest BCUT2D eigenvalue weighted by Gasteiger charge is 2.22. The summed E-state index contributed by atoms with van der Waals surface area (Å²) in [6.07, 6.45) is 2.64. The lowest BCUT2D eigenvalue weighted by molar-refractivity contribution is 0.0685. The number of halogens is 1. The summed E-state index contributed by atoms with van der Waals surface area (Å²) in [5, 5.41) is 15.2. The predicted octanol–water partition coefficient (Wildman–Crippen LogP) is 6.02. The lowest BCUT2D eigenvalue weighted by Gasteiger charge is -2.10. The van der Waals surface area contributed by atoms with Gasteiger partial charge in [-0.05, 0) is 47.9 Å². The van der Waals surface area contributed by atoms with Crippen LogP contribution in [0.1, 0.15) is 32.7 Å². The lowest BCUT2D eigenvalue weighted by Crippen LogP contribution is -2.19. The van der Waals surface area contributed by atoms with Gasteiger partial charge < -0.3 is 15.0 Å². The van der Waals surface area contributed by atoms with Crippen molar-refractivity contribution in [3.8, 4) is 0 Å². The Labute approximate surface area is 192 Å². The molecule has 3 aromatic carbocycles. The van der Waals surface area contributed by atoms with E-state index in [9.17, 15) is 9.90 Å². The van der Waals surface area contributed by atoms with Crippen LogP contribution in [0.4, 0.5) is 0 Å². The number of nitrogens with one attached hydrogen (secondary N) is 1. The molecule has 162 valence electrons. The molecule has 4 nitrogen and oxygen atoms in total. The van der Waals surface area contributed by atoms with Gasteiger partial charge in [0.15, 0.2) is 0 Å². The number of hydrogen-bond donors (Lipinski definition) is 2. The third kappa shape index (κ3) is 4.77. The van der Waals surface area contributed by atoms with Crippen molar-refractivity contribution in [3.05, 3.63) is 112 Å². The van der Waals surface area contributed by atoms with Crippen molar-refractivity contribution in [3.63, 3.8) is 0 Å². The Hall–Kier alpha value is -3.34. The summed E-state index contributed by atoms with van der Waals surface area (Å²) >= 11 is 5.95. The molecule has 0 aliphatic heterocycles. The minimum atomic E-state index is -0.918. The van der Waals surface area contributed by atoms with Gasteiger partial charge in [-0.2, -0.15) is 0 Å². The molecule has 5 heteroatoms. The Kier molecular flexibility index (Phi) is 6.74. The molecule has 0 spiro atoms. The molecule has 0 saturated carbocycles. The molecular weight excluding hydrogens is 420 g/mol. The van der Waals surface area contributed by atoms with Crippen LogP contribution in [-0.4, -0.2) is 22.2 Å². The molecule has 0 aliphatic carbocycles. The van der Waals surface area contributed by atoms with E-state index in [-0.39, 0.29) is 0 Å². The van der Waals surface area contributed by atoms with E-state index in [1.54, 1.807) is 6.08 Å². The van der Waals surface area contributed by atoms with E-state index >= 15 is 0 Å². The molecule has 0 saturated heterocycles. The van der Waals surface area contributed by atoms with Crippen LogP contribution in [0.25, 0.3) is 17.0 Å². The number of rotatable bonds is 9. The molecule has 0 amide bonds. The van der Waals surface area contributed by atoms with E-state index in [4.69, 9.17) is 11.6 Å². The van der Waals surface area contributed by atoms with Crippen LogP contribution in [-0.2, 0) is 19.5 Å². The van der Waals surface area contributed by atoms with Crippen LogP contribution in [0.3, 0.4) is 0 Å². The van der Waals surface area contributed by atoms with Gasteiger partial charge in [-0.1, -0.05) is 78.9 Å². The Morgan fingerprint density at radius 2 is 1.69 bits per heavy atom. The summed E-state index contributed by atoms with van der Waals surface area (Å²) in [5.41, 5.74) is 5.33. The maximum absolute atomic E-state index is 12.3. The number of para-hydroxylation sites is 1. The van der Waals surface area contributed by atoms with E-state index in [0.29, 0.717) is 18.8 Å². The average Bonchev–Trinajstić information content (AvgIpc) is 3.12. The maximum atomic E-state index is 12.3. The van der Waals surface area contributed by atoms with Crippen molar-refractivity contribution < 1.29 is 9.90 Å². The van der Waals surface area contributed by atoms with Gasteiger partial charge in [-0.3, -0.25) is 0 Å². The fraction of sp³-hybridized carbons (Fsp3) is 0.148. The van der Waals surface area contributed by atoms with E-state index in [2.05, 4.69) is 11.9 Å². The second-order valence-corrected chi connectivity index (χ2v) is 8.17. The largest absolute Gasteiger partial charge is 0.477 e. The zero-order valence-corrected chi connectivity index (χ0v) is 18.5. The molecule has 0 aliphatic rings. The monoisotopic (exact) mass is 444 g/mol. The topological polar surface area (TPSA) is 54.3 Å². The Bertz CT molecular complexity index is 1240. The van der Waals surface area contributed by atoms with Crippen molar-refractivity contribution in [1.29, 1.82) is 0 Å². The number of aromatic carboxylic acids is 1. The predicted molar refractivity (Wildman–Crippen MR) is 131 cm³/mol. The van der Waals surface area contributed by atoms with Gasteiger partial charge in [0.2, 0.25) is 0 Å². The van der Waals surface area contributed by atoms with Crippen molar-refractivity contribution in [2.45, 2.75) is 19.5 Å². The standard InChI is InChI=1S/C27H25ClN2O2/c1-2-19-7-9-21(10-8-19)18-30-25-6-4-3-5-23(25)24(26(30)27(31)32)17-29-16-15-20-11-13-22(28)14-12-20/h2-14,29H,1,15-18H2,(H,31,32). The summed E-state index contributed by atoms with van der Waals surface area (Å²) in [6.45, 7) is 5.50. The summed E-state index contributed by atoms with van der Waals surface area (Å²) in [5.74, 6) is -0.918. The summed E-state index contributed by atoms with van der Waals surface area (Å²) in [6, 6.07) is 23.7. The maximum Gasteiger partial charge on any atom is 0.352 e. The van der Waals surface area contributed by atoms with Gasteiger partial charge in [0.1, 0.15) is 5.69 Å². The molecule has 4 rings (SSSR count). The van der Waals surface area contributed by atoms with Crippen LogP contribution in [0.5, 0.6) is 0 Å². The molecule has 4 aromatic rings. The van der Waals surface area contributed by atoms with Crippen LogP contribution in [0, 0.1) is 0 Å². The van der Waals surface area contributed by atoms with Gasteiger partial charge in [-0.15, -0.1) is 0 Å². The first-order valence-corrected chi connectivity index (χ1v) is 10.9. The van der Waals surface area contributed by atoms with Gasteiger partial charge >= 0.3 is 5.97 Å². The third-order valence-electron chi connectivity index (χ3n) is 5.64. The first kappa shape index (κ1) is 21.9. The van der Waals surface area contributed by atoms with Gasteiger partial charge in [-0.25, -0.2) is 4.79 Å². The van der Waals surface area contributed by atoms with Crippen molar-refractivity contribution in [2.75, 3.05) is 6.54 Å². The van der Waals surface area contributed by atoms with E-state index in [0.717, 1.165) is 45.6 Å². The van der Waals surface area contributed by atoms with Crippen molar-refractivity contribution in [1.82, 2.24) is 9.88 Å². The fourth-order valence-corrected chi connectivity index (χ4v) is 4.13. The van der Waals surface area contributed by atoms with Gasteiger partial charge in [0.05, 0.1) is 0 Å². The first-order chi connectivity index (χ1) is 15.6. The minimum absolute atomic E-state index is 0.331. The van der Waals surface area contributed by atoms with E-state index < -0.39 is 5.97 Å². The zero-order valence-electron chi connectivity index (χ0n) is 17.7. The summed E-state index contributed by atoms with van der Waals surface area (Å²) in [4.78, 5) is 12.3. The minimum Gasteiger partial charge on any atom is -0.477 e. The first-order valence-electron chi connectivity index (χ1n) is 10.6. The number of aromatic nitrogens is 1. The number of hydrogen-bond acceptors (Lipinski definition) is 2. The quantitative estimate of drug-likeness (QED) is 0.310. The highest BCUT2D eigenvalue weighted by molar-refractivity contribution is 6.30. The van der Waals surface area contributed by atoms with E-state index in [1.807, 2.05) is 77.4 Å². The van der Waals surface area contributed by atoms with Crippen molar-refractivity contribution >= 4 is 34.5 Å². The van der Waals surface area contributed by atoms with Gasteiger partial charge in [0, 0.05) is 34.6 Å². The number of carboxylic acids is 1. The smallest absolute Gasteiger partial charge is 0.352 e. The fourth-order valence-electron chi connectivity index (χ4n) is 4.00. The molecule has 0 radical (unpaired) electrons. The van der Waals surface area contributed by atoms with Crippen LogP contribution < -0.4 is 5.32 Å². The Balaban J connectivity index is 1.59. The number of carbonyl (C=O) groups is 1. The van der Waals surface area contributed by atoms with Crippen molar-refractivity contribution in [2.24, 2.45) is 0 Å². The second-order valence-electron chi connectivity index (χ2n) is 7.73. The van der Waals surface area contributed by atoms with Crippen LogP contribution in [0.2, 0.25) is 5.02 Å². The highest BCUT2D eigenvalue weighted by atomic mass is 35.5. The van der Waals surface area contributed by atoms with E-state index in [1.165, 1.54) is 5.56 Å². The molecule has 0 atom stereocenters. The molecule has 0 bridgehead atoms. The molecule has 2 N–H and O–H groups in total. The van der Waals surface area contributed by atoms with Crippen LogP contribution >= 0.6 is 11.6 Å². The molecule has 1 heterocycles. The van der Waals surface area contributed by atoms with Crippen LogP contribution in [0.15, 0.2) is 79.4 Å². The Morgan fingerprint density at radius 1 is 1.00 bits per heavy atom. The van der Waals surface area contributed by atoms with Gasteiger partial charge in [0.25, 0.3) is 0 Å². The molecular formula is C27H25ClN2O2. The molecule has 0 unspecified atom stereocenters. The SMILES string of the molecule is C=Cc1ccc(Cn2c(C(=O)O)c(CNCCc3ccc(Cl)cc3)c3ccccc32)cc1. The zero-order chi connectivity index (χ0) is 22.5. The second kappa shape index (κ2) is 9.86. The number of fused-ring (bicyclic) bond motifs is 1. The lowest BCUT2D eigenvalue weighted by atomic mass is 10.1. The molecule has 0 fully saturated rings. The third-order valence-corrected chi connectivity index (χ3v) is 5.89. The summed E-state index contributed by atoms with van der Waals surface area (Å²) in [7, 11) is 0. The number of benzene rings is 3. The molecule has 1 aromatic heterocycles. The average molecular weight is 445 g/mol. The molecule has 32 heavy (non-hydrogen) atoms. The normalized spacial score (nSPS) is 11.0.